The number of hydrogen-bond acceptors (Lipinski definition) is 4. The fourth-order valence-corrected chi connectivity index (χ4v) is 2.53. The standard InChI is InChI=1S/C12H16N2O2.2ClH/c1-2-9(8-13-5-1)16-11-4-3-10-12(11)15-7-6-14-10;;/h1-2,5,8,10-12,14H,3-4,6-7H2;2*1H/t10-,11-,12+;;/m0../s1. The van der Waals surface area contributed by atoms with Gasteiger partial charge in [0.1, 0.15) is 18.0 Å². The summed E-state index contributed by atoms with van der Waals surface area (Å²) in [5, 5.41) is 3.48. The van der Waals surface area contributed by atoms with Crippen LogP contribution in [0.1, 0.15) is 12.8 Å². The second-order valence-electron chi connectivity index (χ2n) is 4.32. The summed E-state index contributed by atoms with van der Waals surface area (Å²) in [6.45, 7) is 1.74. The lowest BCUT2D eigenvalue weighted by atomic mass is 10.1. The Balaban J connectivity index is 0.000000810. The summed E-state index contributed by atoms with van der Waals surface area (Å²) in [5.41, 5.74) is 0. The van der Waals surface area contributed by atoms with Crippen LogP contribution in [0.3, 0.4) is 0 Å². The first-order valence-corrected chi connectivity index (χ1v) is 5.85. The van der Waals surface area contributed by atoms with Gasteiger partial charge in [-0.3, -0.25) is 4.98 Å². The zero-order valence-electron chi connectivity index (χ0n) is 9.95. The topological polar surface area (TPSA) is 43.4 Å². The predicted molar refractivity (Wildman–Crippen MR) is 73.9 cm³/mol. The number of morpholine rings is 1. The molecule has 6 heteroatoms. The van der Waals surface area contributed by atoms with E-state index in [1.54, 1.807) is 12.4 Å². The van der Waals surface area contributed by atoms with Crippen molar-refractivity contribution in [2.45, 2.75) is 31.1 Å². The normalized spacial score (nSPS) is 29.7. The summed E-state index contributed by atoms with van der Waals surface area (Å²) >= 11 is 0. The number of fused-ring (bicyclic) bond motifs is 1. The first-order chi connectivity index (χ1) is 7.93. The summed E-state index contributed by atoms with van der Waals surface area (Å²) in [5.74, 6) is 0.835. The highest BCUT2D eigenvalue weighted by Gasteiger charge is 2.40. The molecule has 3 atom stereocenters. The van der Waals surface area contributed by atoms with Gasteiger partial charge in [-0.1, -0.05) is 0 Å². The molecular weight excluding hydrogens is 275 g/mol. The van der Waals surface area contributed by atoms with E-state index in [1.807, 2.05) is 12.1 Å². The number of halogens is 2. The number of pyridine rings is 1. The van der Waals surface area contributed by atoms with Crippen molar-refractivity contribution in [1.82, 2.24) is 10.3 Å². The highest BCUT2D eigenvalue weighted by Crippen LogP contribution is 2.28. The van der Waals surface area contributed by atoms with E-state index in [0.717, 1.165) is 31.7 Å². The van der Waals surface area contributed by atoms with Crippen molar-refractivity contribution in [2.24, 2.45) is 0 Å². The Morgan fingerprint density at radius 1 is 1.33 bits per heavy atom. The Hall–Kier alpha value is -0.550. The van der Waals surface area contributed by atoms with E-state index in [1.165, 1.54) is 0 Å². The first kappa shape index (κ1) is 15.5. The van der Waals surface area contributed by atoms with Crippen molar-refractivity contribution >= 4 is 24.8 Å². The van der Waals surface area contributed by atoms with Crippen molar-refractivity contribution in [3.63, 3.8) is 0 Å². The van der Waals surface area contributed by atoms with Crippen LogP contribution in [0, 0.1) is 0 Å². The molecule has 0 spiro atoms. The maximum Gasteiger partial charge on any atom is 0.138 e. The van der Waals surface area contributed by atoms with Crippen LogP contribution in [0.15, 0.2) is 24.5 Å². The van der Waals surface area contributed by atoms with E-state index < -0.39 is 0 Å². The average molecular weight is 293 g/mol. The summed E-state index contributed by atoms with van der Waals surface area (Å²) in [6.07, 6.45) is 6.07. The first-order valence-electron chi connectivity index (χ1n) is 5.85. The quantitative estimate of drug-likeness (QED) is 0.903. The van der Waals surface area contributed by atoms with Gasteiger partial charge in [0.05, 0.1) is 12.8 Å². The molecule has 2 aliphatic rings. The number of nitrogens with one attached hydrogen (secondary N) is 1. The Bertz CT molecular complexity index is 353. The maximum atomic E-state index is 5.92. The van der Waals surface area contributed by atoms with Gasteiger partial charge in [-0.15, -0.1) is 24.8 Å². The number of rotatable bonds is 2. The Morgan fingerprint density at radius 2 is 2.22 bits per heavy atom. The third-order valence-corrected chi connectivity index (χ3v) is 3.27. The fraction of sp³-hybridized carbons (Fsp3) is 0.583. The second-order valence-corrected chi connectivity index (χ2v) is 4.32. The Labute approximate surface area is 119 Å². The Kier molecular flexibility index (Phi) is 6.15. The number of nitrogens with zero attached hydrogens (tertiary/aromatic N) is 1. The minimum Gasteiger partial charge on any atom is -0.486 e. The van der Waals surface area contributed by atoms with Crippen LogP contribution in [-0.4, -0.2) is 36.4 Å². The van der Waals surface area contributed by atoms with E-state index in [9.17, 15) is 0 Å². The van der Waals surface area contributed by atoms with Gasteiger partial charge < -0.3 is 14.8 Å². The molecule has 0 aromatic carbocycles. The van der Waals surface area contributed by atoms with Crippen LogP contribution >= 0.6 is 24.8 Å². The predicted octanol–water partition coefficient (Wildman–Crippen LogP) is 1.82. The van der Waals surface area contributed by atoms with Gasteiger partial charge in [-0.25, -0.2) is 0 Å². The molecule has 1 aromatic heterocycles. The van der Waals surface area contributed by atoms with Gasteiger partial charge in [0.15, 0.2) is 0 Å². The van der Waals surface area contributed by atoms with Crippen LogP contribution in [0.4, 0.5) is 0 Å². The van der Waals surface area contributed by atoms with E-state index in [4.69, 9.17) is 9.47 Å². The lowest BCUT2D eigenvalue weighted by Gasteiger charge is -2.30. The van der Waals surface area contributed by atoms with E-state index in [-0.39, 0.29) is 37.0 Å². The van der Waals surface area contributed by atoms with Gasteiger partial charge in [0.25, 0.3) is 0 Å². The van der Waals surface area contributed by atoms with Crippen molar-refractivity contribution in [3.05, 3.63) is 24.5 Å². The molecule has 102 valence electrons. The smallest absolute Gasteiger partial charge is 0.138 e. The van der Waals surface area contributed by atoms with Crippen molar-refractivity contribution in [1.29, 1.82) is 0 Å². The largest absolute Gasteiger partial charge is 0.486 e. The molecule has 0 bridgehead atoms. The molecule has 1 N–H and O–H groups in total. The highest BCUT2D eigenvalue weighted by atomic mass is 35.5. The summed E-state index contributed by atoms with van der Waals surface area (Å²) in [6, 6.07) is 4.30. The zero-order chi connectivity index (χ0) is 10.8. The molecule has 0 unspecified atom stereocenters. The summed E-state index contributed by atoms with van der Waals surface area (Å²) in [7, 11) is 0. The van der Waals surface area contributed by atoms with Crippen LogP contribution in [0.25, 0.3) is 0 Å². The molecule has 4 nitrogen and oxygen atoms in total. The fourth-order valence-electron chi connectivity index (χ4n) is 2.53. The molecule has 2 fully saturated rings. The van der Waals surface area contributed by atoms with E-state index in [2.05, 4.69) is 10.3 Å². The average Bonchev–Trinajstić information content (AvgIpc) is 2.74. The highest BCUT2D eigenvalue weighted by molar-refractivity contribution is 5.85. The molecule has 1 aliphatic heterocycles. The molecule has 1 aromatic rings. The second kappa shape index (κ2) is 7.14. The number of aromatic nitrogens is 1. The summed E-state index contributed by atoms with van der Waals surface area (Å²) < 4.78 is 11.7. The Morgan fingerprint density at radius 3 is 3.00 bits per heavy atom. The molecule has 0 radical (unpaired) electrons. The third kappa shape index (κ3) is 3.26. The zero-order valence-corrected chi connectivity index (χ0v) is 11.6. The van der Waals surface area contributed by atoms with Crippen molar-refractivity contribution < 1.29 is 9.47 Å². The van der Waals surface area contributed by atoms with Crippen LogP contribution in [0.2, 0.25) is 0 Å². The molecule has 3 rings (SSSR count). The van der Waals surface area contributed by atoms with E-state index >= 15 is 0 Å². The monoisotopic (exact) mass is 292 g/mol. The van der Waals surface area contributed by atoms with Crippen LogP contribution in [-0.2, 0) is 4.74 Å². The molecule has 18 heavy (non-hydrogen) atoms. The lowest BCUT2D eigenvalue weighted by Crippen LogP contribution is -2.49. The van der Waals surface area contributed by atoms with Crippen molar-refractivity contribution in [3.8, 4) is 5.75 Å². The molecule has 1 saturated heterocycles. The number of ether oxygens (including phenoxy) is 2. The molecule has 1 aliphatic carbocycles. The minimum absolute atomic E-state index is 0. The van der Waals surface area contributed by atoms with Gasteiger partial charge in [-0.05, 0) is 25.0 Å². The van der Waals surface area contributed by atoms with Gasteiger partial charge >= 0.3 is 0 Å². The van der Waals surface area contributed by atoms with Crippen LogP contribution < -0.4 is 10.1 Å². The van der Waals surface area contributed by atoms with Gasteiger partial charge in [0.2, 0.25) is 0 Å². The third-order valence-electron chi connectivity index (χ3n) is 3.27. The molecule has 0 amide bonds. The minimum atomic E-state index is 0. The molecule has 1 saturated carbocycles. The van der Waals surface area contributed by atoms with Gasteiger partial charge in [-0.2, -0.15) is 0 Å². The van der Waals surface area contributed by atoms with Crippen LogP contribution in [0.5, 0.6) is 5.75 Å². The lowest BCUT2D eigenvalue weighted by molar-refractivity contribution is -0.0408. The molecule has 2 heterocycles. The SMILES string of the molecule is Cl.Cl.c1cncc(O[C@H]2CC[C@@H]3NCCO[C@H]32)c1. The van der Waals surface area contributed by atoms with Crippen molar-refractivity contribution in [2.75, 3.05) is 13.2 Å². The summed E-state index contributed by atoms with van der Waals surface area (Å²) in [4.78, 5) is 4.05. The van der Waals surface area contributed by atoms with Gasteiger partial charge in [0, 0.05) is 18.8 Å². The maximum absolute atomic E-state index is 5.92. The molecular formula is C12H18Cl2N2O2. The van der Waals surface area contributed by atoms with E-state index in [0.29, 0.717) is 6.04 Å². The number of hydrogen-bond donors (Lipinski definition) is 1.